The normalized spacial score (nSPS) is 11.9. The first-order chi connectivity index (χ1) is 7.65. The predicted octanol–water partition coefficient (Wildman–Crippen LogP) is 2.44. The second-order valence-electron chi connectivity index (χ2n) is 3.51. The lowest BCUT2D eigenvalue weighted by Gasteiger charge is -2.12. The molecule has 0 amide bonds. The van der Waals surface area contributed by atoms with Gasteiger partial charge in [0.1, 0.15) is 5.82 Å². The summed E-state index contributed by atoms with van der Waals surface area (Å²) in [6.07, 6.45) is 0. The first kappa shape index (κ1) is 12.5. The van der Waals surface area contributed by atoms with Crippen molar-refractivity contribution in [2.45, 2.75) is 13.8 Å². The van der Waals surface area contributed by atoms with E-state index in [4.69, 9.17) is 4.74 Å². The molecule has 0 aromatic heterocycles. The minimum Gasteiger partial charge on any atom is -0.466 e. The Labute approximate surface area is 94.6 Å². The summed E-state index contributed by atoms with van der Waals surface area (Å²) < 4.78 is 18.1. The van der Waals surface area contributed by atoms with E-state index in [1.807, 2.05) is 0 Å². The second kappa shape index (κ2) is 6.10. The summed E-state index contributed by atoms with van der Waals surface area (Å²) in [6.45, 7) is 4.23. The zero-order valence-corrected chi connectivity index (χ0v) is 9.50. The summed E-state index contributed by atoms with van der Waals surface area (Å²) in [5.74, 6) is -0.885. The van der Waals surface area contributed by atoms with Gasteiger partial charge in [-0.05, 0) is 19.1 Å². The van der Waals surface area contributed by atoms with Crippen molar-refractivity contribution >= 4 is 11.7 Å². The lowest BCUT2D eigenvalue weighted by Crippen LogP contribution is -2.22. The number of benzene rings is 1. The van der Waals surface area contributed by atoms with Gasteiger partial charge >= 0.3 is 5.97 Å². The number of rotatable bonds is 5. The van der Waals surface area contributed by atoms with Gasteiger partial charge in [0.05, 0.1) is 18.2 Å². The topological polar surface area (TPSA) is 38.3 Å². The first-order valence-corrected chi connectivity index (χ1v) is 5.30. The van der Waals surface area contributed by atoms with E-state index in [-0.39, 0.29) is 17.7 Å². The number of hydrogen-bond acceptors (Lipinski definition) is 3. The summed E-state index contributed by atoms with van der Waals surface area (Å²) in [7, 11) is 0. The monoisotopic (exact) mass is 225 g/mol. The smallest absolute Gasteiger partial charge is 0.310 e. The molecular formula is C12H16FNO2. The molecule has 16 heavy (non-hydrogen) atoms. The van der Waals surface area contributed by atoms with Crippen molar-refractivity contribution in [1.29, 1.82) is 0 Å². The number of hydrogen-bond donors (Lipinski definition) is 1. The van der Waals surface area contributed by atoms with Crippen molar-refractivity contribution in [3.8, 4) is 0 Å². The lowest BCUT2D eigenvalue weighted by molar-refractivity contribution is -0.146. The fourth-order valence-corrected chi connectivity index (χ4v) is 1.24. The van der Waals surface area contributed by atoms with Crippen molar-refractivity contribution in [3.05, 3.63) is 30.1 Å². The molecule has 0 spiro atoms. The number of ether oxygens (including phenoxy) is 1. The molecule has 88 valence electrons. The average molecular weight is 225 g/mol. The maximum absolute atomic E-state index is 13.2. The number of esters is 1. The summed E-state index contributed by atoms with van der Waals surface area (Å²) >= 11 is 0. The van der Waals surface area contributed by atoms with Gasteiger partial charge in [-0.2, -0.15) is 0 Å². The van der Waals surface area contributed by atoms with Crippen molar-refractivity contribution in [2.24, 2.45) is 5.92 Å². The molecule has 0 fully saturated rings. The number of nitrogens with one attached hydrogen (secondary N) is 1. The van der Waals surface area contributed by atoms with Crippen LogP contribution in [0.5, 0.6) is 0 Å². The molecule has 4 heteroatoms. The SMILES string of the molecule is CCOC(=O)C(C)CNc1ccccc1F. The third-order valence-electron chi connectivity index (χ3n) is 2.16. The molecule has 1 N–H and O–H groups in total. The second-order valence-corrected chi connectivity index (χ2v) is 3.51. The van der Waals surface area contributed by atoms with Crippen LogP contribution in [0.4, 0.5) is 10.1 Å². The van der Waals surface area contributed by atoms with Gasteiger partial charge < -0.3 is 10.1 Å². The largest absolute Gasteiger partial charge is 0.466 e. The van der Waals surface area contributed by atoms with E-state index in [1.54, 1.807) is 32.0 Å². The highest BCUT2D eigenvalue weighted by atomic mass is 19.1. The first-order valence-electron chi connectivity index (χ1n) is 5.30. The van der Waals surface area contributed by atoms with Gasteiger partial charge in [-0.15, -0.1) is 0 Å². The predicted molar refractivity (Wildman–Crippen MR) is 60.7 cm³/mol. The van der Waals surface area contributed by atoms with Crippen LogP contribution >= 0.6 is 0 Å². The summed E-state index contributed by atoms with van der Waals surface area (Å²) in [5, 5.41) is 2.88. The van der Waals surface area contributed by atoms with Crippen LogP contribution in [0.25, 0.3) is 0 Å². The quantitative estimate of drug-likeness (QED) is 0.782. The van der Waals surface area contributed by atoms with E-state index >= 15 is 0 Å². The third-order valence-corrected chi connectivity index (χ3v) is 2.16. The van der Waals surface area contributed by atoms with Gasteiger partial charge in [-0.3, -0.25) is 4.79 Å². The Morgan fingerprint density at radius 2 is 2.19 bits per heavy atom. The maximum atomic E-state index is 13.2. The number of halogens is 1. The molecule has 1 rings (SSSR count). The fraction of sp³-hybridized carbons (Fsp3) is 0.417. The number of carbonyl (C=O) groups is 1. The molecule has 1 unspecified atom stereocenters. The molecule has 0 aliphatic heterocycles. The van der Waals surface area contributed by atoms with Crippen molar-refractivity contribution in [3.63, 3.8) is 0 Å². The lowest BCUT2D eigenvalue weighted by atomic mass is 10.2. The van der Waals surface area contributed by atoms with E-state index < -0.39 is 0 Å². The zero-order chi connectivity index (χ0) is 12.0. The molecular weight excluding hydrogens is 209 g/mol. The standard InChI is InChI=1S/C12H16FNO2/c1-3-16-12(15)9(2)8-14-11-7-5-4-6-10(11)13/h4-7,9,14H,3,8H2,1-2H3. The van der Waals surface area contributed by atoms with E-state index in [0.717, 1.165) is 0 Å². The molecule has 0 aliphatic carbocycles. The third kappa shape index (κ3) is 3.53. The Hall–Kier alpha value is -1.58. The molecule has 1 atom stereocenters. The van der Waals surface area contributed by atoms with Crippen LogP contribution in [0.2, 0.25) is 0 Å². The van der Waals surface area contributed by atoms with Crippen LogP contribution < -0.4 is 5.32 Å². The van der Waals surface area contributed by atoms with Crippen LogP contribution in [-0.4, -0.2) is 19.1 Å². The van der Waals surface area contributed by atoms with Crippen LogP contribution in [0.15, 0.2) is 24.3 Å². The number of para-hydroxylation sites is 1. The Morgan fingerprint density at radius 1 is 1.50 bits per heavy atom. The molecule has 0 saturated heterocycles. The molecule has 1 aromatic carbocycles. The number of anilines is 1. The molecule has 1 aromatic rings. The summed E-state index contributed by atoms with van der Waals surface area (Å²) in [6, 6.07) is 6.36. The molecule has 0 aliphatic rings. The molecule has 0 bridgehead atoms. The van der Waals surface area contributed by atoms with Gasteiger partial charge in [0, 0.05) is 6.54 Å². The summed E-state index contributed by atoms with van der Waals surface area (Å²) in [5.41, 5.74) is 0.402. The Bertz CT molecular complexity index is 355. The highest BCUT2D eigenvalue weighted by Crippen LogP contribution is 2.13. The van der Waals surface area contributed by atoms with Crippen LogP contribution in [0.1, 0.15) is 13.8 Å². The minimum atomic E-state index is -0.321. The van der Waals surface area contributed by atoms with Crippen LogP contribution in [-0.2, 0) is 9.53 Å². The Balaban J connectivity index is 2.46. The fourth-order valence-electron chi connectivity index (χ4n) is 1.24. The highest BCUT2D eigenvalue weighted by Gasteiger charge is 2.13. The van der Waals surface area contributed by atoms with Gasteiger partial charge in [-0.25, -0.2) is 4.39 Å². The molecule has 3 nitrogen and oxygen atoms in total. The van der Waals surface area contributed by atoms with Gasteiger partial charge in [-0.1, -0.05) is 19.1 Å². The Kier molecular flexibility index (Phi) is 4.76. The van der Waals surface area contributed by atoms with E-state index in [2.05, 4.69) is 5.32 Å². The van der Waals surface area contributed by atoms with Crippen molar-refractivity contribution < 1.29 is 13.9 Å². The minimum absolute atomic E-state index is 0.272. The molecule has 0 saturated carbocycles. The molecule has 0 radical (unpaired) electrons. The van der Waals surface area contributed by atoms with Gasteiger partial charge in [0.2, 0.25) is 0 Å². The zero-order valence-electron chi connectivity index (χ0n) is 9.50. The average Bonchev–Trinajstić information content (AvgIpc) is 2.28. The van der Waals surface area contributed by atoms with Gasteiger partial charge in [0.15, 0.2) is 0 Å². The highest BCUT2D eigenvalue weighted by molar-refractivity contribution is 5.72. The number of carbonyl (C=O) groups excluding carboxylic acids is 1. The molecule has 0 heterocycles. The van der Waals surface area contributed by atoms with Crippen molar-refractivity contribution in [1.82, 2.24) is 0 Å². The van der Waals surface area contributed by atoms with E-state index in [9.17, 15) is 9.18 Å². The van der Waals surface area contributed by atoms with Crippen LogP contribution in [0, 0.1) is 11.7 Å². The van der Waals surface area contributed by atoms with E-state index in [0.29, 0.717) is 18.8 Å². The van der Waals surface area contributed by atoms with E-state index in [1.165, 1.54) is 6.07 Å². The maximum Gasteiger partial charge on any atom is 0.310 e. The van der Waals surface area contributed by atoms with Gasteiger partial charge in [0.25, 0.3) is 0 Å². The summed E-state index contributed by atoms with van der Waals surface area (Å²) in [4.78, 5) is 11.3. The van der Waals surface area contributed by atoms with Crippen molar-refractivity contribution in [2.75, 3.05) is 18.5 Å². The Morgan fingerprint density at radius 3 is 2.81 bits per heavy atom. The van der Waals surface area contributed by atoms with Crippen LogP contribution in [0.3, 0.4) is 0 Å².